The lowest BCUT2D eigenvalue weighted by Crippen LogP contribution is -2.37. The van der Waals surface area contributed by atoms with Crippen LogP contribution in [0.25, 0.3) is 0 Å². The summed E-state index contributed by atoms with van der Waals surface area (Å²) in [6, 6.07) is 10.3. The smallest absolute Gasteiger partial charge is 0.237 e. The summed E-state index contributed by atoms with van der Waals surface area (Å²) in [5.41, 5.74) is 0.0562. The number of carbonyl (C=O) groups is 2. The number of benzene rings is 1. The molecule has 1 aromatic rings. The Morgan fingerprint density at radius 3 is 2.30 bits per heavy atom. The first kappa shape index (κ1) is 14.3. The zero-order chi connectivity index (χ0) is 14.8. The van der Waals surface area contributed by atoms with E-state index in [1.54, 1.807) is 24.3 Å². The van der Waals surface area contributed by atoms with Gasteiger partial charge < -0.3 is 0 Å². The molecule has 1 saturated heterocycles. The van der Waals surface area contributed by atoms with E-state index < -0.39 is 11.5 Å². The van der Waals surface area contributed by atoms with Crippen LogP contribution < -0.4 is 0 Å². The molecule has 1 aromatic carbocycles. The number of imide groups is 1. The van der Waals surface area contributed by atoms with Gasteiger partial charge in [0.1, 0.15) is 0 Å². The van der Waals surface area contributed by atoms with Crippen LogP contribution in [-0.2, 0) is 9.59 Å². The van der Waals surface area contributed by atoms with Crippen LogP contribution in [0.5, 0.6) is 0 Å². The first-order chi connectivity index (χ1) is 9.59. The van der Waals surface area contributed by atoms with Gasteiger partial charge in [-0.05, 0) is 18.4 Å². The molecule has 4 heteroatoms. The fourth-order valence-electron chi connectivity index (χ4n) is 2.80. The van der Waals surface area contributed by atoms with Crippen LogP contribution in [0.15, 0.2) is 30.3 Å². The van der Waals surface area contributed by atoms with Gasteiger partial charge in [-0.2, -0.15) is 5.26 Å². The number of amides is 2. The van der Waals surface area contributed by atoms with E-state index >= 15 is 0 Å². The number of carbonyl (C=O) groups excluding carboxylic acids is 2. The van der Waals surface area contributed by atoms with Gasteiger partial charge in [-0.1, -0.05) is 44.2 Å². The van der Waals surface area contributed by atoms with Crippen molar-refractivity contribution in [1.29, 1.82) is 5.26 Å². The molecule has 1 aliphatic heterocycles. The summed E-state index contributed by atoms with van der Waals surface area (Å²) in [6.07, 6.45) is 1.46. The molecule has 0 radical (unpaired) electrons. The molecule has 4 nitrogen and oxygen atoms in total. The second kappa shape index (κ2) is 5.46. The van der Waals surface area contributed by atoms with Crippen molar-refractivity contribution < 1.29 is 9.59 Å². The molecule has 0 spiro atoms. The van der Waals surface area contributed by atoms with Crippen molar-refractivity contribution >= 4 is 11.8 Å². The molecule has 0 bridgehead atoms. The van der Waals surface area contributed by atoms with Crippen molar-refractivity contribution in [2.24, 2.45) is 5.41 Å². The standard InChI is InChI=1S/C16H18N2O2/c1-3-16(4-2)10-14(19)18(15(16)20)13(11-17)12-8-6-5-7-9-12/h5-9,13H,3-4,10H2,1-2H3. The molecule has 0 N–H and O–H groups in total. The molecule has 2 rings (SSSR count). The van der Waals surface area contributed by atoms with Gasteiger partial charge in [0.2, 0.25) is 11.8 Å². The summed E-state index contributed by atoms with van der Waals surface area (Å²) in [4.78, 5) is 26.0. The Morgan fingerprint density at radius 1 is 1.25 bits per heavy atom. The minimum absolute atomic E-state index is 0.206. The van der Waals surface area contributed by atoms with Crippen LogP contribution in [0.3, 0.4) is 0 Å². The van der Waals surface area contributed by atoms with Gasteiger partial charge in [-0.3, -0.25) is 14.5 Å². The highest BCUT2D eigenvalue weighted by Crippen LogP contribution is 2.42. The summed E-state index contributed by atoms with van der Waals surface area (Å²) in [5, 5.41) is 9.39. The Balaban J connectivity index is 2.40. The molecule has 1 unspecified atom stereocenters. The van der Waals surface area contributed by atoms with Gasteiger partial charge in [0.15, 0.2) is 6.04 Å². The van der Waals surface area contributed by atoms with E-state index in [1.165, 1.54) is 0 Å². The molecule has 0 aliphatic carbocycles. The van der Waals surface area contributed by atoms with Crippen LogP contribution in [0, 0.1) is 16.7 Å². The third-order valence-electron chi connectivity index (χ3n) is 4.28. The molecule has 0 aromatic heterocycles. The van der Waals surface area contributed by atoms with Crippen LogP contribution in [0.1, 0.15) is 44.7 Å². The molecule has 1 fully saturated rings. The Hall–Kier alpha value is -2.15. The molecule has 2 amide bonds. The first-order valence-electron chi connectivity index (χ1n) is 6.90. The van der Waals surface area contributed by atoms with Gasteiger partial charge in [-0.15, -0.1) is 0 Å². The van der Waals surface area contributed by atoms with Crippen molar-refractivity contribution in [2.75, 3.05) is 0 Å². The number of rotatable bonds is 4. The summed E-state index contributed by atoms with van der Waals surface area (Å²) >= 11 is 0. The average Bonchev–Trinajstić information content (AvgIpc) is 2.74. The van der Waals surface area contributed by atoms with Gasteiger partial charge >= 0.3 is 0 Å². The van der Waals surface area contributed by atoms with Crippen molar-refractivity contribution in [3.63, 3.8) is 0 Å². The Labute approximate surface area is 119 Å². The number of nitriles is 1. The van der Waals surface area contributed by atoms with E-state index in [9.17, 15) is 14.9 Å². The van der Waals surface area contributed by atoms with Gasteiger partial charge in [-0.25, -0.2) is 0 Å². The monoisotopic (exact) mass is 270 g/mol. The van der Waals surface area contributed by atoms with E-state index in [2.05, 4.69) is 6.07 Å². The molecule has 20 heavy (non-hydrogen) atoms. The highest BCUT2D eigenvalue weighted by atomic mass is 16.2. The molecule has 1 atom stereocenters. The van der Waals surface area contributed by atoms with Crippen molar-refractivity contribution in [3.05, 3.63) is 35.9 Å². The average molecular weight is 270 g/mol. The predicted octanol–water partition coefficient (Wildman–Crippen LogP) is 2.82. The zero-order valence-electron chi connectivity index (χ0n) is 11.8. The highest BCUT2D eigenvalue weighted by molar-refractivity contribution is 6.06. The second-order valence-corrected chi connectivity index (χ2v) is 5.18. The lowest BCUT2D eigenvalue weighted by Gasteiger charge is -2.26. The summed E-state index contributed by atoms with van der Waals surface area (Å²) in [5.74, 6) is -0.447. The quantitative estimate of drug-likeness (QED) is 0.790. The minimum Gasteiger partial charge on any atom is -0.274 e. The van der Waals surface area contributed by atoms with E-state index in [0.717, 1.165) is 4.90 Å². The zero-order valence-corrected chi connectivity index (χ0v) is 11.8. The van der Waals surface area contributed by atoms with E-state index in [0.29, 0.717) is 18.4 Å². The van der Waals surface area contributed by atoms with E-state index in [4.69, 9.17) is 0 Å². The third-order valence-corrected chi connectivity index (χ3v) is 4.28. The Morgan fingerprint density at radius 2 is 1.85 bits per heavy atom. The molecule has 1 aliphatic rings. The third kappa shape index (κ3) is 2.09. The fraction of sp³-hybridized carbons (Fsp3) is 0.438. The Kier molecular flexibility index (Phi) is 3.89. The normalized spacial score (nSPS) is 18.9. The van der Waals surface area contributed by atoms with Gasteiger partial charge in [0.25, 0.3) is 0 Å². The largest absolute Gasteiger partial charge is 0.274 e. The van der Waals surface area contributed by atoms with Crippen LogP contribution in [-0.4, -0.2) is 16.7 Å². The number of nitrogens with zero attached hydrogens (tertiary/aromatic N) is 2. The number of likely N-dealkylation sites (tertiary alicyclic amines) is 1. The fourth-order valence-corrected chi connectivity index (χ4v) is 2.80. The van der Waals surface area contributed by atoms with Crippen molar-refractivity contribution in [2.45, 2.75) is 39.2 Å². The summed E-state index contributed by atoms with van der Waals surface area (Å²) in [7, 11) is 0. The second-order valence-electron chi connectivity index (χ2n) is 5.18. The van der Waals surface area contributed by atoms with Crippen LogP contribution in [0.2, 0.25) is 0 Å². The maximum atomic E-state index is 12.6. The topological polar surface area (TPSA) is 61.2 Å². The Bertz CT molecular complexity index is 556. The van der Waals surface area contributed by atoms with Crippen molar-refractivity contribution in [1.82, 2.24) is 4.90 Å². The predicted molar refractivity (Wildman–Crippen MR) is 74.3 cm³/mol. The lowest BCUT2D eigenvalue weighted by atomic mass is 9.81. The van der Waals surface area contributed by atoms with E-state index in [1.807, 2.05) is 19.9 Å². The molecular formula is C16H18N2O2. The maximum absolute atomic E-state index is 12.6. The van der Waals surface area contributed by atoms with Crippen molar-refractivity contribution in [3.8, 4) is 6.07 Å². The highest BCUT2D eigenvalue weighted by Gasteiger charge is 2.51. The number of hydrogen-bond donors (Lipinski definition) is 0. The van der Waals surface area contributed by atoms with Gasteiger partial charge in [0, 0.05) is 6.42 Å². The summed E-state index contributed by atoms with van der Waals surface area (Å²) < 4.78 is 0. The summed E-state index contributed by atoms with van der Waals surface area (Å²) in [6.45, 7) is 3.84. The maximum Gasteiger partial charge on any atom is 0.237 e. The molecule has 0 saturated carbocycles. The van der Waals surface area contributed by atoms with Crippen LogP contribution >= 0.6 is 0 Å². The SMILES string of the molecule is CCC1(CC)CC(=O)N(C(C#N)c2ccccc2)C1=O. The van der Waals surface area contributed by atoms with Crippen LogP contribution in [0.4, 0.5) is 0 Å². The molecule has 1 heterocycles. The molecule has 104 valence electrons. The lowest BCUT2D eigenvalue weighted by molar-refractivity contribution is -0.143. The first-order valence-corrected chi connectivity index (χ1v) is 6.90. The van der Waals surface area contributed by atoms with Gasteiger partial charge in [0.05, 0.1) is 11.5 Å². The minimum atomic E-state index is -0.823. The molecular weight excluding hydrogens is 252 g/mol. The number of hydrogen-bond acceptors (Lipinski definition) is 3. The van der Waals surface area contributed by atoms with E-state index in [-0.39, 0.29) is 18.2 Å².